The van der Waals surface area contributed by atoms with Crippen molar-refractivity contribution in [1.29, 1.82) is 0 Å². The Morgan fingerprint density at radius 3 is 2.69 bits per heavy atom. The van der Waals surface area contributed by atoms with Crippen molar-refractivity contribution < 1.29 is 23.5 Å². The molecular formula is C19H20N2O5. The molecule has 0 saturated carbocycles. The maximum Gasteiger partial charge on any atom is 0.337 e. The number of nitrogens with one attached hydrogen (secondary N) is 1. The molecule has 0 radical (unpaired) electrons. The van der Waals surface area contributed by atoms with Crippen LogP contribution in [0.4, 0.5) is 0 Å². The van der Waals surface area contributed by atoms with Gasteiger partial charge >= 0.3 is 5.97 Å². The van der Waals surface area contributed by atoms with Crippen molar-refractivity contribution in [2.24, 2.45) is 5.92 Å². The quantitative estimate of drug-likeness (QED) is 0.797. The summed E-state index contributed by atoms with van der Waals surface area (Å²) in [5.41, 5.74) is 1.32. The highest BCUT2D eigenvalue weighted by Gasteiger charge is 2.34. The van der Waals surface area contributed by atoms with Crippen LogP contribution in [-0.4, -0.2) is 36.3 Å². The molecule has 1 fully saturated rings. The van der Waals surface area contributed by atoms with Crippen LogP contribution in [0.25, 0.3) is 0 Å². The molecule has 7 heteroatoms. The van der Waals surface area contributed by atoms with Gasteiger partial charge in [-0.2, -0.15) is 0 Å². The van der Waals surface area contributed by atoms with E-state index in [-0.39, 0.29) is 24.2 Å². The van der Waals surface area contributed by atoms with E-state index in [4.69, 9.17) is 4.42 Å². The minimum absolute atomic E-state index is 0.0519. The van der Waals surface area contributed by atoms with Gasteiger partial charge in [0.25, 0.3) is 0 Å². The Hall–Kier alpha value is -3.09. The molecule has 1 aliphatic heterocycles. The molecule has 0 aliphatic carbocycles. The summed E-state index contributed by atoms with van der Waals surface area (Å²) in [5.74, 6) is -0.278. The van der Waals surface area contributed by atoms with E-state index in [1.165, 1.54) is 7.11 Å². The Bertz CT molecular complexity index is 783. The van der Waals surface area contributed by atoms with Gasteiger partial charge in [0.1, 0.15) is 5.76 Å². The molecule has 1 saturated heterocycles. The fraction of sp³-hybridized carbons (Fsp3) is 0.316. The summed E-state index contributed by atoms with van der Waals surface area (Å²) in [5, 5.41) is 2.85. The van der Waals surface area contributed by atoms with Crippen LogP contribution in [-0.2, 0) is 27.4 Å². The summed E-state index contributed by atoms with van der Waals surface area (Å²) >= 11 is 0. The summed E-state index contributed by atoms with van der Waals surface area (Å²) in [6.45, 7) is 1.10. The predicted octanol–water partition coefficient (Wildman–Crippen LogP) is 1.73. The second-order valence-electron chi connectivity index (χ2n) is 6.16. The smallest absolute Gasteiger partial charge is 0.337 e. The Morgan fingerprint density at radius 1 is 1.27 bits per heavy atom. The van der Waals surface area contributed by atoms with Gasteiger partial charge in [-0.05, 0) is 29.8 Å². The zero-order valence-electron chi connectivity index (χ0n) is 14.4. The molecule has 26 heavy (non-hydrogen) atoms. The first-order chi connectivity index (χ1) is 12.6. The number of rotatable bonds is 6. The lowest BCUT2D eigenvalue weighted by atomic mass is 10.1. The van der Waals surface area contributed by atoms with Crippen LogP contribution < -0.4 is 5.32 Å². The number of ether oxygens (including phenoxy) is 1. The van der Waals surface area contributed by atoms with Gasteiger partial charge in [-0.15, -0.1) is 0 Å². The zero-order valence-corrected chi connectivity index (χ0v) is 14.4. The highest BCUT2D eigenvalue weighted by atomic mass is 16.5. The Kier molecular flexibility index (Phi) is 5.36. The monoisotopic (exact) mass is 356 g/mol. The third-order valence-electron chi connectivity index (χ3n) is 4.35. The summed E-state index contributed by atoms with van der Waals surface area (Å²) in [7, 11) is 1.33. The number of methoxy groups -OCH3 is 1. The third kappa shape index (κ3) is 4.11. The SMILES string of the molecule is COC(=O)c1ccc(CNC(=O)C2CC(=O)N(Cc3ccco3)C2)cc1. The molecule has 2 heterocycles. The van der Waals surface area contributed by atoms with E-state index in [0.717, 1.165) is 5.56 Å². The van der Waals surface area contributed by atoms with Crippen LogP contribution in [0.5, 0.6) is 0 Å². The zero-order chi connectivity index (χ0) is 18.5. The van der Waals surface area contributed by atoms with Crippen molar-refractivity contribution in [3.8, 4) is 0 Å². The van der Waals surface area contributed by atoms with Crippen molar-refractivity contribution in [3.63, 3.8) is 0 Å². The van der Waals surface area contributed by atoms with Crippen LogP contribution in [0.3, 0.4) is 0 Å². The number of hydrogen-bond donors (Lipinski definition) is 1. The van der Waals surface area contributed by atoms with E-state index in [9.17, 15) is 14.4 Å². The molecule has 2 amide bonds. The second-order valence-corrected chi connectivity index (χ2v) is 6.16. The van der Waals surface area contributed by atoms with E-state index in [1.807, 2.05) is 0 Å². The number of furan rings is 1. The minimum atomic E-state index is -0.401. The number of amides is 2. The largest absolute Gasteiger partial charge is 0.467 e. The summed E-state index contributed by atoms with van der Waals surface area (Å²) in [6.07, 6.45) is 1.76. The van der Waals surface area contributed by atoms with Gasteiger partial charge in [0, 0.05) is 19.5 Å². The molecule has 7 nitrogen and oxygen atoms in total. The average molecular weight is 356 g/mol. The predicted molar refractivity (Wildman–Crippen MR) is 91.9 cm³/mol. The Balaban J connectivity index is 1.50. The van der Waals surface area contributed by atoms with Gasteiger partial charge in [-0.25, -0.2) is 4.79 Å². The van der Waals surface area contributed by atoms with E-state index in [2.05, 4.69) is 10.1 Å². The average Bonchev–Trinajstić information content (AvgIpc) is 3.30. The van der Waals surface area contributed by atoms with Crippen molar-refractivity contribution >= 4 is 17.8 Å². The summed E-state index contributed by atoms with van der Waals surface area (Å²) in [6, 6.07) is 10.4. The van der Waals surface area contributed by atoms with E-state index >= 15 is 0 Å². The number of carbonyl (C=O) groups excluding carboxylic acids is 3. The Morgan fingerprint density at radius 2 is 2.04 bits per heavy atom. The second kappa shape index (κ2) is 7.86. The van der Waals surface area contributed by atoms with Gasteiger partial charge in [0.2, 0.25) is 11.8 Å². The van der Waals surface area contributed by atoms with Crippen LogP contribution in [0.15, 0.2) is 47.1 Å². The molecule has 3 rings (SSSR count). The highest BCUT2D eigenvalue weighted by molar-refractivity contribution is 5.90. The highest BCUT2D eigenvalue weighted by Crippen LogP contribution is 2.20. The molecule has 2 aromatic rings. The van der Waals surface area contributed by atoms with Gasteiger partial charge in [-0.1, -0.05) is 12.1 Å². The topological polar surface area (TPSA) is 88.8 Å². The van der Waals surface area contributed by atoms with Gasteiger partial charge in [0.05, 0.1) is 31.4 Å². The molecule has 0 spiro atoms. The first-order valence-electron chi connectivity index (χ1n) is 8.32. The first-order valence-corrected chi connectivity index (χ1v) is 8.32. The van der Waals surface area contributed by atoms with E-state index in [0.29, 0.717) is 31.0 Å². The summed E-state index contributed by atoms with van der Waals surface area (Å²) in [4.78, 5) is 37.5. The third-order valence-corrected chi connectivity index (χ3v) is 4.35. The Labute approximate surface area is 150 Å². The summed E-state index contributed by atoms with van der Waals surface area (Å²) < 4.78 is 9.90. The number of nitrogens with zero attached hydrogens (tertiary/aromatic N) is 1. The van der Waals surface area contributed by atoms with Crippen molar-refractivity contribution in [1.82, 2.24) is 10.2 Å². The van der Waals surface area contributed by atoms with Gasteiger partial charge < -0.3 is 19.4 Å². The molecule has 1 unspecified atom stereocenters. The first kappa shape index (κ1) is 17.7. The molecule has 0 bridgehead atoms. The van der Waals surface area contributed by atoms with E-state index < -0.39 is 5.97 Å². The molecule has 1 aromatic carbocycles. The number of carbonyl (C=O) groups is 3. The maximum atomic E-state index is 12.3. The normalized spacial score (nSPS) is 16.6. The molecule has 1 aromatic heterocycles. The number of hydrogen-bond acceptors (Lipinski definition) is 5. The molecule has 1 aliphatic rings. The fourth-order valence-corrected chi connectivity index (χ4v) is 2.90. The van der Waals surface area contributed by atoms with Crippen LogP contribution >= 0.6 is 0 Å². The van der Waals surface area contributed by atoms with Crippen LogP contribution in [0, 0.1) is 5.92 Å². The number of benzene rings is 1. The van der Waals surface area contributed by atoms with E-state index in [1.54, 1.807) is 47.6 Å². The lowest BCUT2D eigenvalue weighted by Gasteiger charge is -2.15. The standard InChI is InChI=1S/C19H20N2O5/c1-25-19(24)14-6-4-13(5-7-14)10-20-18(23)15-9-17(22)21(11-15)12-16-3-2-8-26-16/h2-8,15H,9-12H2,1H3,(H,20,23). The fourth-order valence-electron chi connectivity index (χ4n) is 2.90. The lowest BCUT2D eigenvalue weighted by molar-refractivity contribution is -0.129. The molecule has 136 valence electrons. The van der Waals surface area contributed by atoms with Crippen LogP contribution in [0.1, 0.15) is 28.1 Å². The van der Waals surface area contributed by atoms with Crippen molar-refractivity contribution in [3.05, 3.63) is 59.5 Å². The molecule has 1 N–H and O–H groups in total. The maximum absolute atomic E-state index is 12.3. The molecule has 1 atom stereocenters. The minimum Gasteiger partial charge on any atom is -0.467 e. The van der Waals surface area contributed by atoms with Crippen molar-refractivity contribution in [2.75, 3.05) is 13.7 Å². The van der Waals surface area contributed by atoms with Gasteiger partial charge in [-0.3, -0.25) is 9.59 Å². The number of esters is 1. The van der Waals surface area contributed by atoms with Crippen LogP contribution in [0.2, 0.25) is 0 Å². The molecular weight excluding hydrogens is 336 g/mol. The lowest BCUT2D eigenvalue weighted by Crippen LogP contribution is -2.32. The van der Waals surface area contributed by atoms with Gasteiger partial charge in [0.15, 0.2) is 0 Å². The van der Waals surface area contributed by atoms with Crippen molar-refractivity contribution in [2.45, 2.75) is 19.5 Å². The number of likely N-dealkylation sites (tertiary alicyclic amines) is 1.